The molecule has 5 atom stereocenters. The number of hydrogen-bond acceptors (Lipinski definition) is 5. The standard InChI is InChI=1S/C32H34N2O6/c1-17-8-24(35)5-7-26(17)22-10-20(11-25(36)12-22)15-34-16-23(28-9-18(28)2)13-29(34)31(38)33-19(3)21-4-6-27(32(39)40)30(37)14-21/h4-8,10-12,14-15,18-19,23,28-29H,9,13,16H2,1-3H3,(H4-,33,35,36,37,38,39,40)/p+1/t18?,19-,23?,28-,29+/m0/s1. The number of phenolic OH excluding ortho intramolecular Hbond substituents is 2. The van der Waals surface area contributed by atoms with Crippen LogP contribution in [0.5, 0.6) is 17.2 Å². The Kier molecular flexibility index (Phi) is 7.27. The van der Waals surface area contributed by atoms with Crippen molar-refractivity contribution in [3.8, 4) is 28.4 Å². The van der Waals surface area contributed by atoms with Crippen molar-refractivity contribution in [3.63, 3.8) is 0 Å². The number of aromatic carboxylic acids is 1. The smallest absolute Gasteiger partial charge is 0.339 e. The Morgan fingerprint density at radius 2 is 1.75 bits per heavy atom. The fourth-order valence-corrected chi connectivity index (χ4v) is 6.03. The van der Waals surface area contributed by atoms with Gasteiger partial charge in [-0.3, -0.25) is 4.79 Å². The van der Waals surface area contributed by atoms with Crippen molar-refractivity contribution in [2.24, 2.45) is 17.8 Å². The van der Waals surface area contributed by atoms with Crippen LogP contribution in [0.15, 0.2) is 54.6 Å². The first-order valence-electron chi connectivity index (χ1n) is 13.6. The van der Waals surface area contributed by atoms with E-state index in [0.29, 0.717) is 23.3 Å². The summed E-state index contributed by atoms with van der Waals surface area (Å²) < 4.78 is 2.06. The van der Waals surface area contributed by atoms with Crippen LogP contribution in [0, 0.1) is 24.7 Å². The molecule has 1 aliphatic heterocycles. The Morgan fingerprint density at radius 1 is 1.00 bits per heavy atom. The zero-order chi connectivity index (χ0) is 28.7. The van der Waals surface area contributed by atoms with Gasteiger partial charge in [0.2, 0.25) is 6.04 Å². The Bertz CT molecular complexity index is 1510. The number of amides is 1. The van der Waals surface area contributed by atoms with Gasteiger partial charge >= 0.3 is 5.97 Å². The van der Waals surface area contributed by atoms with E-state index in [1.807, 2.05) is 25.3 Å². The molecule has 8 heteroatoms. The predicted molar refractivity (Wildman–Crippen MR) is 151 cm³/mol. The minimum absolute atomic E-state index is 0.113. The summed E-state index contributed by atoms with van der Waals surface area (Å²) in [6.45, 7) is 6.68. The van der Waals surface area contributed by atoms with Gasteiger partial charge < -0.3 is 25.7 Å². The second-order valence-electron chi connectivity index (χ2n) is 11.3. The molecule has 0 spiro atoms. The van der Waals surface area contributed by atoms with Gasteiger partial charge in [0.25, 0.3) is 5.91 Å². The minimum Gasteiger partial charge on any atom is -0.508 e. The molecule has 3 aromatic rings. The van der Waals surface area contributed by atoms with Gasteiger partial charge in [0, 0.05) is 17.9 Å². The van der Waals surface area contributed by atoms with E-state index in [2.05, 4.69) is 16.8 Å². The van der Waals surface area contributed by atoms with Gasteiger partial charge in [0.1, 0.15) is 29.4 Å². The number of rotatable bonds is 7. The van der Waals surface area contributed by atoms with Gasteiger partial charge in [-0.25, -0.2) is 9.37 Å². The molecule has 5 N–H and O–H groups in total. The summed E-state index contributed by atoms with van der Waals surface area (Å²) in [5.41, 5.74) is 3.79. The Balaban J connectivity index is 1.42. The number of carboxylic acid groups (broad SMARTS) is 1. The number of hydrogen-bond donors (Lipinski definition) is 5. The van der Waals surface area contributed by atoms with Crippen LogP contribution in [-0.4, -0.2) is 55.7 Å². The van der Waals surface area contributed by atoms with Crippen LogP contribution in [0.2, 0.25) is 0 Å². The lowest BCUT2D eigenvalue weighted by Crippen LogP contribution is -2.40. The molecular formula is C32H35N2O6+. The van der Waals surface area contributed by atoms with Crippen molar-refractivity contribution in [3.05, 3.63) is 76.9 Å². The third-order valence-corrected chi connectivity index (χ3v) is 8.34. The van der Waals surface area contributed by atoms with E-state index < -0.39 is 18.1 Å². The van der Waals surface area contributed by atoms with E-state index >= 15 is 0 Å². The number of aryl methyl sites for hydroxylation is 1. The highest BCUT2D eigenvalue weighted by atomic mass is 16.4. The molecule has 1 saturated heterocycles. The molecule has 40 heavy (non-hydrogen) atoms. The molecule has 0 radical (unpaired) electrons. The normalized spacial score (nSPS) is 23.6. The summed E-state index contributed by atoms with van der Waals surface area (Å²) in [4.78, 5) is 24.8. The Morgan fingerprint density at radius 3 is 2.40 bits per heavy atom. The molecule has 1 amide bonds. The number of benzene rings is 3. The van der Waals surface area contributed by atoms with Crippen molar-refractivity contribution in [2.45, 2.75) is 45.7 Å². The molecule has 3 aromatic carbocycles. The summed E-state index contributed by atoms with van der Waals surface area (Å²) in [6, 6.07) is 13.9. The van der Waals surface area contributed by atoms with Gasteiger partial charge in [-0.1, -0.05) is 19.1 Å². The van der Waals surface area contributed by atoms with Gasteiger partial charge in [-0.2, -0.15) is 0 Å². The lowest BCUT2D eigenvalue weighted by Gasteiger charge is -2.17. The van der Waals surface area contributed by atoms with Crippen molar-refractivity contribution >= 4 is 18.1 Å². The first kappa shape index (κ1) is 27.2. The number of carboxylic acids is 1. The maximum atomic E-state index is 13.6. The third-order valence-electron chi connectivity index (χ3n) is 8.34. The molecule has 1 saturated carbocycles. The average Bonchev–Trinajstić information content (AvgIpc) is 3.46. The van der Waals surface area contributed by atoms with Gasteiger partial charge in [0.15, 0.2) is 6.21 Å². The van der Waals surface area contributed by atoms with Crippen LogP contribution >= 0.6 is 0 Å². The van der Waals surface area contributed by atoms with Crippen molar-refractivity contribution in [1.82, 2.24) is 5.32 Å². The Labute approximate surface area is 233 Å². The van der Waals surface area contributed by atoms with Crippen LogP contribution in [0.25, 0.3) is 11.1 Å². The molecule has 2 aliphatic rings. The van der Waals surface area contributed by atoms with E-state index in [0.717, 1.165) is 41.6 Å². The zero-order valence-electron chi connectivity index (χ0n) is 22.8. The van der Waals surface area contributed by atoms with E-state index in [1.54, 1.807) is 37.3 Å². The summed E-state index contributed by atoms with van der Waals surface area (Å²) in [5, 5.41) is 42.7. The molecule has 0 aromatic heterocycles. The van der Waals surface area contributed by atoms with Crippen molar-refractivity contribution in [2.75, 3.05) is 6.54 Å². The highest BCUT2D eigenvalue weighted by Gasteiger charge is 2.50. The minimum atomic E-state index is -1.21. The summed E-state index contributed by atoms with van der Waals surface area (Å²) in [6.07, 6.45) is 3.82. The quantitative estimate of drug-likeness (QED) is 0.272. The second-order valence-corrected chi connectivity index (χ2v) is 11.3. The third kappa shape index (κ3) is 5.66. The molecule has 0 bridgehead atoms. The van der Waals surface area contributed by atoms with Gasteiger partial charge in [-0.15, -0.1) is 0 Å². The summed E-state index contributed by atoms with van der Waals surface area (Å²) in [5.74, 6) is 0.216. The molecule has 1 aliphatic carbocycles. The molecular weight excluding hydrogens is 508 g/mol. The van der Waals surface area contributed by atoms with Crippen molar-refractivity contribution < 1.29 is 34.6 Å². The largest absolute Gasteiger partial charge is 0.508 e. The molecule has 1 heterocycles. The molecule has 208 valence electrons. The fraction of sp³-hybridized carbons (Fsp3) is 0.344. The van der Waals surface area contributed by atoms with Gasteiger partial charge in [-0.05, 0) is 96.8 Å². The van der Waals surface area contributed by atoms with Crippen LogP contribution < -0.4 is 5.32 Å². The fourth-order valence-electron chi connectivity index (χ4n) is 6.03. The lowest BCUT2D eigenvalue weighted by molar-refractivity contribution is -0.528. The number of carbonyl (C=O) groups excluding carboxylic acids is 1. The highest BCUT2D eigenvalue weighted by Crippen LogP contribution is 2.47. The molecule has 2 unspecified atom stereocenters. The summed E-state index contributed by atoms with van der Waals surface area (Å²) >= 11 is 0. The average molecular weight is 544 g/mol. The first-order chi connectivity index (χ1) is 19.0. The van der Waals surface area contributed by atoms with Crippen molar-refractivity contribution in [1.29, 1.82) is 0 Å². The Hall–Kier alpha value is -4.33. The first-order valence-corrected chi connectivity index (χ1v) is 13.6. The number of nitrogens with zero attached hydrogens (tertiary/aromatic N) is 1. The SMILES string of the molecule is Cc1cc(O)ccc1-c1cc(O)cc(C=[N+]2CC([C@H]3CC3C)C[C@@H]2C(=O)N[C@@H](C)c2ccc(C(=O)O)c(O)c2)c1. The topological polar surface area (TPSA) is 130 Å². The number of nitrogens with one attached hydrogen (secondary N) is 1. The maximum Gasteiger partial charge on any atom is 0.339 e. The number of aromatic hydroxyl groups is 3. The van der Waals surface area contributed by atoms with Crippen LogP contribution in [-0.2, 0) is 4.79 Å². The summed E-state index contributed by atoms with van der Waals surface area (Å²) in [7, 11) is 0. The molecule has 8 nitrogen and oxygen atoms in total. The van der Waals surface area contributed by atoms with E-state index in [4.69, 9.17) is 0 Å². The zero-order valence-corrected chi connectivity index (χ0v) is 22.8. The molecule has 5 rings (SSSR count). The van der Waals surface area contributed by atoms with Crippen LogP contribution in [0.4, 0.5) is 0 Å². The van der Waals surface area contributed by atoms with E-state index in [1.165, 1.54) is 12.1 Å². The predicted octanol–water partition coefficient (Wildman–Crippen LogP) is 4.83. The van der Waals surface area contributed by atoms with Crippen LogP contribution in [0.3, 0.4) is 0 Å². The van der Waals surface area contributed by atoms with Gasteiger partial charge in [0.05, 0.1) is 6.04 Å². The highest BCUT2D eigenvalue weighted by molar-refractivity contribution is 5.91. The monoisotopic (exact) mass is 543 g/mol. The van der Waals surface area contributed by atoms with E-state index in [-0.39, 0.29) is 28.7 Å². The van der Waals surface area contributed by atoms with E-state index in [9.17, 15) is 30.0 Å². The second kappa shape index (κ2) is 10.7. The number of phenols is 3. The lowest BCUT2D eigenvalue weighted by atomic mass is 9.98. The number of carbonyl (C=O) groups is 2. The molecule has 2 fully saturated rings. The maximum absolute atomic E-state index is 13.6. The van der Waals surface area contributed by atoms with Crippen LogP contribution in [0.1, 0.15) is 59.8 Å².